The lowest BCUT2D eigenvalue weighted by Crippen LogP contribution is -2.47. The van der Waals surface area contributed by atoms with Gasteiger partial charge in [0, 0.05) is 17.0 Å². The number of methoxy groups -OCH3 is 1. The molecule has 5 rings (SSSR count). The molecule has 2 aromatic carbocycles. The highest BCUT2D eigenvalue weighted by Gasteiger charge is 2.44. The molecule has 8 heteroatoms. The first-order valence-electron chi connectivity index (χ1n) is 11.1. The number of nitrogens with zero attached hydrogens (tertiary/aromatic N) is 2. The molecule has 1 aliphatic heterocycles. The zero-order chi connectivity index (χ0) is 23.8. The van der Waals surface area contributed by atoms with Gasteiger partial charge in [-0.2, -0.15) is 0 Å². The van der Waals surface area contributed by atoms with Crippen LogP contribution in [0.2, 0.25) is 0 Å². The number of ether oxygens (including phenoxy) is 1. The zero-order valence-corrected chi connectivity index (χ0v) is 20.8. The number of anilines is 1. The topological polar surface area (TPSA) is 71.5 Å². The molecule has 174 valence electrons. The third kappa shape index (κ3) is 4.08. The predicted molar refractivity (Wildman–Crippen MR) is 137 cm³/mol. The van der Waals surface area contributed by atoms with Gasteiger partial charge >= 0.3 is 0 Å². The Morgan fingerprint density at radius 3 is 2.74 bits per heavy atom. The van der Waals surface area contributed by atoms with Crippen LogP contribution in [0.1, 0.15) is 46.6 Å². The smallest absolute Gasteiger partial charge is 0.254 e. The highest BCUT2D eigenvalue weighted by atomic mass is 32.1. The maximum Gasteiger partial charge on any atom is 0.254 e. The van der Waals surface area contributed by atoms with Crippen molar-refractivity contribution in [2.45, 2.75) is 25.8 Å². The maximum absolute atomic E-state index is 13.9. The minimum absolute atomic E-state index is 0.0289. The molecule has 0 saturated carbocycles. The van der Waals surface area contributed by atoms with Crippen LogP contribution in [-0.2, 0) is 4.79 Å². The number of thiazole rings is 1. The van der Waals surface area contributed by atoms with Crippen molar-refractivity contribution in [2.24, 2.45) is 5.92 Å². The second kappa shape index (κ2) is 9.19. The number of amides is 2. The minimum atomic E-state index is -0.548. The fraction of sp³-hybridized carbons (Fsp3) is 0.269. The van der Waals surface area contributed by atoms with Crippen LogP contribution < -0.4 is 10.1 Å². The molecular weight excluding hydrogens is 466 g/mol. The lowest BCUT2D eigenvalue weighted by atomic mass is 9.81. The van der Waals surface area contributed by atoms with Crippen molar-refractivity contribution >= 4 is 49.8 Å². The molecule has 2 atom stereocenters. The average molecular weight is 492 g/mol. The van der Waals surface area contributed by atoms with Crippen LogP contribution in [0, 0.1) is 5.92 Å². The lowest BCUT2D eigenvalue weighted by molar-refractivity contribution is -0.119. The van der Waals surface area contributed by atoms with Crippen molar-refractivity contribution in [3.05, 3.63) is 76.0 Å². The Bertz CT molecular complexity index is 1350. The van der Waals surface area contributed by atoms with Gasteiger partial charge in [-0.05, 0) is 47.2 Å². The second-order valence-electron chi connectivity index (χ2n) is 8.72. The largest absolute Gasteiger partial charge is 0.497 e. The van der Waals surface area contributed by atoms with E-state index in [0.717, 1.165) is 26.4 Å². The van der Waals surface area contributed by atoms with Crippen molar-refractivity contribution in [1.29, 1.82) is 0 Å². The molecule has 6 nitrogen and oxygen atoms in total. The van der Waals surface area contributed by atoms with Crippen LogP contribution in [-0.4, -0.2) is 35.4 Å². The molecule has 0 radical (unpaired) electrons. The fourth-order valence-electron chi connectivity index (χ4n) is 4.51. The molecule has 1 aliphatic rings. The summed E-state index contributed by atoms with van der Waals surface area (Å²) in [4.78, 5) is 34.9. The van der Waals surface area contributed by atoms with E-state index in [1.165, 1.54) is 11.3 Å². The summed E-state index contributed by atoms with van der Waals surface area (Å²) in [6, 6.07) is 16.7. The first-order valence-corrected chi connectivity index (χ1v) is 12.8. The van der Waals surface area contributed by atoms with Crippen LogP contribution in [0.25, 0.3) is 10.2 Å². The zero-order valence-electron chi connectivity index (χ0n) is 19.1. The quantitative estimate of drug-likeness (QED) is 0.362. The Kier molecular flexibility index (Phi) is 6.10. The third-order valence-corrected chi connectivity index (χ3v) is 7.82. The van der Waals surface area contributed by atoms with Gasteiger partial charge in [0.2, 0.25) is 5.91 Å². The second-order valence-corrected chi connectivity index (χ2v) is 10.7. The van der Waals surface area contributed by atoms with E-state index in [1.807, 2.05) is 64.9 Å². The number of thiophene rings is 1. The van der Waals surface area contributed by atoms with Crippen molar-refractivity contribution in [1.82, 2.24) is 9.88 Å². The molecule has 2 amide bonds. The number of rotatable bonds is 6. The number of hydrogen-bond donors (Lipinski definition) is 1. The van der Waals surface area contributed by atoms with Crippen LogP contribution in [0.5, 0.6) is 5.75 Å². The van der Waals surface area contributed by atoms with Gasteiger partial charge in [-0.15, -0.1) is 11.3 Å². The molecule has 3 heterocycles. The SMILES string of the molecule is COc1ccc2nc(NC(=O)[C@H]3c4ccccc4C(=O)N(CC(C)C)[C@H]3c3cccs3)sc2c1. The Balaban J connectivity index is 1.57. The van der Waals surface area contributed by atoms with Gasteiger partial charge in [-0.1, -0.05) is 49.4 Å². The predicted octanol–water partition coefficient (Wildman–Crippen LogP) is 5.94. The number of hydrogen-bond acceptors (Lipinski definition) is 6. The third-order valence-electron chi connectivity index (χ3n) is 5.94. The van der Waals surface area contributed by atoms with Gasteiger partial charge in [0.05, 0.1) is 29.3 Å². The number of benzene rings is 2. The van der Waals surface area contributed by atoms with E-state index in [0.29, 0.717) is 17.2 Å². The standard InChI is InChI=1S/C26H25N3O3S2/c1-15(2)14-29-23(20-9-6-12-33-20)22(17-7-4-5-8-18(17)25(29)31)24(30)28-26-27-19-11-10-16(32-3)13-21(19)34-26/h4-13,15,22-23H,14H2,1-3H3,(H,27,28,30)/t22-,23-/m0/s1. The normalized spacial score (nSPS) is 17.8. The molecule has 0 aliphatic carbocycles. The minimum Gasteiger partial charge on any atom is -0.497 e. The van der Waals surface area contributed by atoms with Gasteiger partial charge in [0.25, 0.3) is 5.91 Å². The summed E-state index contributed by atoms with van der Waals surface area (Å²) in [5.74, 6) is 0.264. The highest BCUT2D eigenvalue weighted by molar-refractivity contribution is 7.22. The molecule has 0 fully saturated rings. The molecule has 0 saturated heterocycles. The van der Waals surface area contributed by atoms with Crippen LogP contribution >= 0.6 is 22.7 Å². The number of carbonyl (C=O) groups is 2. The molecule has 1 N–H and O–H groups in total. The maximum atomic E-state index is 13.9. The Morgan fingerprint density at radius 1 is 1.18 bits per heavy atom. The van der Waals surface area contributed by atoms with Gasteiger partial charge in [0.15, 0.2) is 5.13 Å². The highest BCUT2D eigenvalue weighted by Crippen LogP contribution is 2.45. The summed E-state index contributed by atoms with van der Waals surface area (Å²) in [7, 11) is 1.63. The van der Waals surface area contributed by atoms with E-state index in [9.17, 15) is 9.59 Å². The van der Waals surface area contributed by atoms with E-state index in [-0.39, 0.29) is 23.8 Å². The van der Waals surface area contributed by atoms with Crippen molar-refractivity contribution in [3.8, 4) is 5.75 Å². The summed E-state index contributed by atoms with van der Waals surface area (Å²) in [6.07, 6.45) is 0. The van der Waals surface area contributed by atoms with Crippen molar-refractivity contribution in [3.63, 3.8) is 0 Å². The lowest BCUT2D eigenvalue weighted by Gasteiger charge is -2.41. The number of carbonyl (C=O) groups excluding carboxylic acids is 2. The summed E-state index contributed by atoms with van der Waals surface area (Å²) in [6.45, 7) is 4.74. The first kappa shape index (κ1) is 22.6. The summed E-state index contributed by atoms with van der Waals surface area (Å²) < 4.78 is 6.25. The average Bonchev–Trinajstić information content (AvgIpc) is 3.49. The fourth-order valence-corrected chi connectivity index (χ4v) is 6.29. The van der Waals surface area contributed by atoms with E-state index in [2.05, 4.69) is 24.1 Å². The molecule has 0 unspecified atom stereocenters. The van der Waals surface area contributed by atoms with Crippen LogP contribution in [0.4, 0.5) is 5.13 Å². The molecule has 0 spiro atoms. The summed E-state index contributed by atoms with van der Waals surface area (Å²) in [5, 5.41) is 5.57. The monoisotopic (exact) mass is 491 g/mol. The van der Waals surface area contributed by atoms with Crippen molar-refractivity contribution < 1.29 is 14.3 Å². The van der Waals surface area contributed by atoms with Crippen LogP contribution in [0.15, 0.2) is 60.0 Å². The van der Waals surface area contributed by atoms with Crippen LogP contribution in [0.3, 0.4) is 0 Å². The van der Waals surface area contributed by atoms with Gasteiger partial charge in [-0.3, -0.25) is 9.59 Å². The van der Waals surface area contributed by atoms with Gasteiger partial charge in [-0.25, -0.2) is 4.98 Å². The molecular formula is C26H25N3O3S2. The molecule has 2 aromatic heterocycles. The summed E-state index contributed by atoms with van der Waals surface area (Å²) >= 11 is 2.98. The molecule has 34 heavy (non-hydrogen) atoms. The number of aromatic nitrogens is 1. The van der Waals surface area contributed by atoms with E-state index in [1.54, 1.807) is 18.4 Å². The van der Waals surface area contributed by atoms with E-state index in [4.69, 9.17) is 4.74 Å². The Morgan fingerprint density at radius 2 is 2.00 bits per heavy atom. The van der Waals surface area contributed by atoms with E-state index < -0.39 is 5.92 Å². The Labute approximate surface area is 206 Å². The number of fused-ring (bicyclic) bond motifs is 2. The Hall–Kier alpha value is -3.23. The molecule has 0 bridgehead atoms. The van der Waals surface area contributed by atoms with Gasteiger partial charge < -0.3 is 15.0 Å². The number of nitrogens with one attached hydrogen (secondary N) is 1. The summed E-state index contributed by atoms with van der Waals surface area (Å²) in [5.41, 5.74) is 2.15. The van der Waals surface area contributed by atoms with E-state index >= 15 is 0 Å². The van der Waals surface area contributed by atoms with Gasteiger partial charge in [0.1, 0.15) is 5.75 Å². The van der Waals surface area contributed by atoms with Crippen molar-refractivity contribution in [2.75, 3.05) is 19.0 Å². The first-order chi connectivity index (χ1) is 16.5. The molecule has 4 aromatic rings.